The van der Waals surface area contributed by atoms with E-state index in [1.807, 2.05) is 62.4 Å². The minimum atomic E-state index is -3.17. The number of carbonyl (C=O) groups is 1. The largest absolute Gasteiger partial charge is 0.329 e. The van der Waals surface area contributed by atoms with Crippen LogP contribution in [0, 0.1) is 13.8 Å². The molecule has 0 saturated carbocycles. The summed E-state index contributed by atoms with van der Waals surface area (Å²) in [6.45, 7) is 3.97. The molecule has 2 saturated heterocycles. The zero-order valence-electron chi connectivity index (χ0n) is 14.2. The molecule has 0 aromatic heterocycles. The van der Waals surface area contributed by atoms with Crippen LogP contribution in [0.15, 0.2) is 48.5 Å². The number of rotatable bonds is 2. The Balaban J connectivity index is 1.85. The predicted molar refractivity (Wildman–Crippen MR) is 98.9 cm³/mol. The first-order chi connectivity index (χ1) is 11.9. The first-order valence-electron chi connectivity index (χ1n) is 8.33. The van der Waals surface area contributed by atoms with Crippen LogP contribution in [0.1, 0.15) is 11.1 Å². The van der Waals surface area contributed by atoms with Crippen molar-refractivity contribution in [1.82, 2.24) is 0 Å². The van der Waals surface area contributed by atoms with E-state index in [1.165, 1.54) is 0 Å². The number of hydrogen-bond donors (Lipinski definition) is 0. The molecule has 0 aliphatic carbocycles. The molecule has 2 aromatic rings. The summed E-state index contributed by atoms with van der Waals surface area (Å²) in [7, 11) is -3.17. The van der Waals surface area contributed by atoms with Crippen molar-refractivity contribution in [2.45, 2.75) is 25.9 Å². The summed E-state index contributed by atoms with van der Waals surface area (Å²) in [6.07, 6.45) is 0. The average Bonchev–Trinajstić information content (AvgIpc) is 3.00. The topological polar surface area (TPSA) is 57.7 Å². The second kappa shape index (κ2) is 5.59. The Bertz CT molecular complexity index is 940. The van der Waals surface area contributed by atoms with Crippen molar-refractivity contribution in [2.24, 2.45) is 0 Å². The van der Waals surface area contributed by atoms with Gasteiger partial charge in [0.25, 0.3) is 0 Å². The third-order valence-corrected chi connectivity index (χ3v) is 6.94. The van der Waals surface area contributed by atoms with E-state index < -0.39 is 9.84 Å². The van der Waals surface area contributed by atoms with E-state index in [0.717, 1.165) is 22.5 Å². The van der Waals surface area contributed by atoms with Gasteiger partial charge in [-0.25, -0.2) is 13.2 Å². The molecule has 0 spiro atoms. The Labute approximate surface area is 147 Å². The number of urea groups is 1. The molecule has 0 radical (unpaired) electrons. The molecule has 130 valence electrons. The molecule has 2 fully saturated rings. The molecule has 6 heteroatoms. The van der Waals surface area contributed by atoms with Crippen molar-refractivity contribution in [1.29, 1.82) is 0 Å². The van der Waals surface area contributed by atoms with E-state index in [4.69, 9.17) is 0 Å². The number of para-hydroxylation sites is 1. The highest BCUT2D eigenvalue weighted by Crippen LogP contribution is 2.39. The molecule has 0 bridgehead atoms. The van der Waals surface area contributed by atoms with Crippen LogP contribution >= 0.6 is 0 Å². The van der Waals surface area contributed by atoms with Gasteiger partial charge in [0.1, 0.15) is 0 Å². The molecule has 25 heavy (non-hydrogen) atoms. The van der Waals surface area contributed by atoms with Crippen molar-refractivity contribution >= 4 is 27.2 Å². The fourth-order valence-corrected chi connectivity index (χ4v) is 5.79. The van der Waals surface area contributed by atoms with Crippen molar-refractivity contribution in [3.8, 4) is 0 Å². The van der Waals surface area contributed by atoms with Gasteiger partial charge < -0.3 is 0 Å². The Morgan fingerprint density at radius 3 is 2.20 bits per heavy atom. The summed E-state index contributed by atoms with van der Waals surface area (Å²) in [5.41, 5.74) is 3.64. The zero-order valence-corrected chi connectivity index (χ0v) is 15.0. The first kappa shape index (κ1) is 16.1. The second-order valence-electron chi connectivity index (χ2n) is 6.79. The van der Waals surface area contributed by atoms with Gasteiger partial charge in [-0.3, -0.25) is 9.80 Å². The predicted octanol–water partition coefficient (Wildman–Crippen LogP) is 2.92. The molecule has 2 amide bonds. The highest BCUT2D eigenvalue weighted by atomic mass is 32.2. The van der Waals surface area contributed by atoms with Crippen LogP contribution in [0.5, 0.6) is 0 Å². The molecule has 2 aromatic carbocycles. The third kappa shape index (κ3) is 2.52. The summed E-state index contributed by atoms with van der Waals surface area (Å²) in [6, 6.07) is 14.3. The van der Waals surface area contributed by atoms with Crippen LogP contribution in [-0.4, -0.2) is 38.0 Å². The van der Waals surface area contributed by atoms with E-state index >= 15 is 0 Å². The molecule has 0 N–H and O–H groups in total. The molecule has 2 heterocycles. The third-order valence-electron chi connectivity index (χ3n) is 5.24. The number of aryl methyl sites for hydroxylation is 1. The number of hydrogen-bond acceptors (Lipinski definition) is 3. The van der Waals surface area contributed by atoms with Crippen LogP contribution in [0.25, 0.3) is 0 Å². The molecular formula is C19H20N2O3S. The minimum absolute atomic E-state index is 0.0136. The lowest BCUT2D eigenvalue weighted by atomic mass is 10.1. The molecule has 2 atom stereocenters. The maximum atomic E-state index is 13.3. The van der Waals surface area contributed by atoms with Gasteiger partial charge in [-0.2, -0.15) is 0 Å². The van der Waals surface area contributed by atoms with Gasteiger partial charge in [-0.05, 0) is 43.2 Å². The van der Waals surface area contributed by atoms with Gasteiger partial charge in [-0.1, -0.05) is 30.3 Å². The van der Waals surface area contributed by atoms with Gasteiger partial charge in [0.15, 0.2) is 9.84 Å². The average molecular weight is 356 g/mol. The number of amides is 2. The smallest absolute Gasteiger partial charge is 0.288 e. The maximum absolute atomic E-state index is 13.3. The number of sulfone groups is 1. The molecular weight excluding hydrogens is 336 g/mol. The lowest BCUT2D eigenvalue weighted by Crippen LogP contribution is -2.38. The number of benzene rings is 2. The standard InChI is InChI=1S/C19H20N2O3S/c1-13-7-6-10-16(14(13)2)21-18-12-25(23,24)11-17(18)20(19(21)22)15-8-4-3-5-9-15/h3-10,17-18H,11-12H2,1-2H3/t17-,18+/m1/s1. The Morgan fingerprint density at radius 1 is 0.880 bits per heavy atom. The number of anilines is 2. The first-order valence-corrected chi connectivity index (χ1v) is 10.2. The summed E-state index contributed by atoms with van der Waals surface area (Å²) in [4.78, 5) is 16.6. The quantitative estimate of drug-likeness (QED) is 0.778. The summed E-state index contributed by atoms with van der Waals surface area (Å²) in [5.74, 6) is 0.0276. The lowest BCUT2D eigenvalue weighted by Gasteiger charge is -2.24. The minimum Gasteiger partial charge on any atom is -0.288 e. The second-order valence-corrected chi connectivity index (χ2v) is 8.94. The van der Waals surface area contributed by atoms with Crippen LogP contribution in [0.3, 0.4) is 0 Å². The van der Waals surface area contributed by atoms with Crippen molar-refractivity contribution in [3.05, 3.63) is 59.7 Å². The van der Waals surface area contributed by atoms with Gasteiger partial charge in [0.2, 0.25) is 0 Å². The Hall–Kier alpha value is -2.34. The Kier molecular flexibility index (Phi) is 3.61. The molecule has 2 aliphatic rings. The molecule has 5 nitrogen and oxygen atoms in total. The van der Waals surface area contributed by atoms with Crippen LogP contribution in [-0.2, 0) is 9.84 Å². The molecule has 0 unspecified atom stereocenters. The highest BCUT2D eigenvalue weighted by Gasteiger charge is 2.54. The van der Waals surface area contributed by atoms with Crippen molar-refractivity contribution in [3.63, 3.8) is 0 Å². The zero-order chi connectivity index (χ0) is 17.8. The highest BCUT2D eigenvalue weighted by molar-refractivity contribution is 7.91. The summed E-state index contributed by atoms with van der Waals surface area (Å²) < 4.78 is 24.6. The van der Waals surface area contributed by atoms with E-state index in [9.17, 15) is 13.2 Å². The molecule has 2 aliphatic heterocycles. The number of nitrogens with zero attached hydrogens (tertiary/aromatic N) is 2. The summed E-state index contributed by atoms with van der Waals surface area (Å²) >= 11 is 0. The van der Waals surface area contributed by atoms with Crippen LogP contribution < -0.4 is 9.80 Å². The van der Waals surface area contributed by atoms with E-state index in [0.29, 0.717) is 0 Å². The van der Waals surface area contributed by atoms with Gasteiger partial charge in [0, 0.05) is 11.4 Å². The van der Waals surface area contributed by atoms with Crippen molar-refractivity contribution in [2.75, 3.05) is 21.3 Å². The Morgan fingerprint density at radius 2 is 1.52 bits per heavy atom. The van der Waals surface area contributed by atoms with Gasteiger partial charge in [0.05, 0.1) is 23.6 Å². The normalized spacial score (nSPS) is 24.6. The van der Waals surface area contributed by atoms with E-state index in [2.05, 4.69) is 0 Å². The molecule has 4 rings (SSSR count). The maximum Gasteiger partial charge on any atom is 0.329 e. The van der Waals surface area contributed by atoms with Crippen molar-refractivity contribution < 1.29 is 13.2 Å². The monoisotopic (exact) mass is 356 g/mol. The number of carbonyl (C=O) groups excluding carboxylic acids is 1. The van der Waals surface area contributed by atoms with Gasteiger partial charge >= 0.3 is 6.03 Å². The summed E-state index contributed by atoms with van der Waals surface area (Å²) in [5, 5.41) is 0. The fourth-order valence-electron chi connectivity index (χ4n) is 3.87. The van der Waals surface area contributed by atoms with E-state index in [-0.39, 0.29) is 29.6 Å². The van der Waals surface area contributed by atoms with E-state index in [1.54, 1.807) is 9.80 Å². The fraction of sp³-hybridized carbons (Fsp3) is 0.316. The van der Waals surface area contributed by atoms with Crippen LogP contribution in [0.4, 0.5) is 16.2 Å². The van der Waals surface area contributed by atoms with Gasteiger partial charge in [-0.15, -0.1) is 0 Å². The van der Waals surface area contributed by atoms with Crippen LogP contribution in [0.2, 0.25) is 0 Å². The SMILES string of the molecule is Cc1cccc(N2C(=O)N(c3ccccc3)[C@@H]3CS(=O)(=O)C[C@@H]32)c1C. The lowest BCUT2D eigenvalue weighted by molar-refractivity contribution is 0.255. The number of fused-ring (bicyclic) bond motifs is 1.